The molecule has 20 nitrogen and oxygen atoms in total. The van der Waals surface area contributed by atoms with E-state index < -0.39 is 53.8 Å². The molecule has 4 atom stereocenters. The summed E-state index contributed by atoms with van der Waals surface area (Å²) in [5, 5.41) is 54.0. The van der Waals surface area contributed by atoms with Gasteiger partial charge in [-0.05, 0) is 51.1 Å². The lowest BCUT2D eigenvalue weighted by Crippen LogP contribution is -2.34. The quantitative estimate of drug-likeness (QED) is 0.109. The lowest BCUT2D eigenvalue weighted by molar-refractivity contribution is -0.140. The molecule has 0 unspecified atom stereocenters. The number of nitrogens with one attached hydrogen (secondary N) is 2. The van der Waals surface area contributed by atoms with Gasteiger partial charge in [-0.25, -0.2) is 0 Å². The van der Waals surface area contributed by atoms with Crippen molar-refractivity contribution < 1.29 is 64.2 Å². The number of carbonyl (C=O) groups is 7. The summed E-state index contributed by atoms with van der Waals surface area (Å²) in [5.41, 5.74) is 23.9. The van der Waals surface area contributed by atoms with Gasteiger partial charge in [0.2, 0.25) is 5.91 Å². The molecule has 2 rings (SSSR count). The third-order valence-corrected chi connectivity index (χ3v) is 4.85. The highest BCUT2D eigenvalue weighted by atomic mass is 16.4. The Morgan fingerprint density at radius 1 is 0.682 bits per heavy atom. The van der Waals surface area contributed by atoms with Crippen LogP contribution in [0.25, 0.3) is 0 Å². The second-order valence-corrected chi connectivity index (χ2v) is 9.36. The minimum Gasteiger partial charge on any atom is -0.480 e. The van der Waals surface area contributed by atoms with E-state index in [2.05, 4.69) is 27.8 Å². The molecule has 2 aliphatic rings. The van der Waals surface area contributed by atoms with Crippen molar-refractivity contribution >= 4 is 41.7 Å². The average Bonchev–Trinajstić information content (AvgIpc) is 3.65. The fourth-order valence-corrected chi connectivity index (χ4v) is 2.70. The highest BCUT2D eigenvalue weighted by Crippen LogP contribution is 2.04. The van der Waals surface area contributed by atoms with Crippen LogP contribution in [0.5, 0.6) is 0 Å². The summed E-state index contributed by atoms with van der Waals surface area (Å²) in [4.78, 5) is 68.8. The van der Waals surface area contributed by atoms with Gasteiger partial charge in [0.25, 0.3) is 0 Å². The highest BCUT2D eigenvalue weighted by molar-refractivity contribution is 5.83. The van der Waals surface area contributed by atoms with Gasteiger partial charge in [-0.15, -0.1) is 0 Å². The van der Waals surface area contributed by atoms with Crippen LogP contribution in [-0.4, -0.2) is 123 Å². The van der Waals surface area contributed by atoms with Crippen LogP contribution in [-0.2, 0) is 33.6 Å². The third-order valence-electron chi connectivity index (χ3n) is 4.85. The number of nitrogens with two attached hydrogens (primary N) is 5. The molecule has 0 bridgehead atoms. The Labute approximate surface area is 254 Å². The van der Waals surface area contributed by atoms with Crippen LogP contribution in [0.2, 0.25) is 0 Å². The van der Waals surface area contributed by atoms with Crippen molar-refractivity contribution in [2.45, 2.75) is 76.5 Å². The van der Waals surface area contributed by atoms with Crippen molar-refractivity contribution in [3.63, 3.8) is 0 Å². The van der Waals surface area contributed by atoms with E-state index in [1.165, 1.54) is 0 Å². The van der Waals surface area contributed by atoms with E-state index >= 15 is 0 Å². The van der Waals surface area contributed by atoms with Gasteiger partial charge < -0.3 is 69.9 Å². The number of carbonyl (C=O) groups excluding carboxylic acids is 1. The van der Waals surface area contributed by atoms with Crippen molar-refractivity contribution in [1.29, 1.82) is 0 Å². The van der Waals surface area contributed by atoms with Gasteiger partial charge in [0, 0.05) is 0 Å². The fourth-order valence-electron chi connectivity index (χ4n) is 2.70. The van der Waals surface area contributed by atoms with E-state index in [1.54, 1.807) is 0 Å². The Bertz CT molecular complexity index is 823. The van der Waals surface area contributed by atoms with Gasteiger partial charge in [-0.3, -0.25) is 33.6 Å². The smallest absolute Gasteiger partial charge is 0.321 e. The van der Waals surface area contributed by atoms with E-state index in [1.807, 2.05) is 13.8 Å². The molecular formula is C24H49N7O13. The maximum Gasteiger partial charge on any atom is 0.321 e. The van der Waals surface area contributed by atoms with Gasteiger partial charge in [-0.2, -0.15) is 0 Å². The molecule has 0 saturated carbocycles. The molecule has 0 aromatic heterocycles. The number of amides is 1. The predicted molar refractivity (Wildman–Crippen MR) is 155 cm³/mol. The molecule has 0 radical (unpaired) electrons. The number of hydrogen-bond acceptors (Lipinski definition) is 13. The van der Waals surface area contributed by atoms with Crippen LogP contribution in [0, 0.1) is 5.92 Å². The Morgan fingerprint density at radius 3 is 1.09 bits per heavy atom. The van der Waals surface area contributed by atoms with E-state index in [-0.39, 0.29) is 31.6 Å². The third kappa shape index (κ3) is 36.1. The monoisotopic (exact) mass is 643 g/mol. The summed E-state index contributed by atoms with van der Waals surface area (Å²) in [6.07, 6.45) is 3.81. The highest BCUT2D eigenvalue weighted by Gasteiger charge is 2.21. The van der Waals surface area contributed by atoms with Gasteiger partial charge in [0.1, 0.15) is 24.2 Å². The maximum absolute atomic E-state index is 10.1. The molecule has 1 amide bonds. The number of hydrogen-bond donors (Lipinski definition) is 13. The van der Waals surface area contributed by atoms with Crippen LogP contribution in [0.15, 0.2) is 0 Å². The molecule has 0 aliphatic carbocycles. The largest absolute Gasteiger partial charge is 0.480 e. The molecule has 20 heteroatoms. The normalized spacial score (nSPS) is 17.3. The van der Waals surface area contributed by atoms with E-state index in [9.17, 15) is 33.6 Å². The van der Waals surface area contributed by atoms with Crippen molar-refractivity contribution in [3.8, 4) is 0 Å². The van der Waals surface area contributed by atoms with Gasteiger partial charge >= 0.3 is 35.8 Å². The lowest BCUT2D eigenvalue weighted by Gasteiger charge is -2.07. The fraction of sp³-hybridized carbons (Fsp3) is 0.708. The van der Waals surface area contributed by atoms with Crippen molar-refractivity contribution in [3.05, 3.63) is 0 Å². The van der Waals surface area contributed by atoms with Crippen LogP contribution in [0.1, 0.15) is 52.4 Å². The molecule has 2 heterocycles. The summed E-state index contributed by atoms with van der Waals surface area (Å²) < 4.78 is 0. The first-order valence-electron chi connectivity index (χ1n) is 13.2. The first-order chi connectivity index (χ1) is 20.2. The summed E-state index contributed by atoms with van der Waals surface area (Å²) in [5.74, 6) is -5.85. The summed E-state index contributed by atoms with van der Waals surface area (Å²) in [6.45, 7) is 5.06. The van der Waals surface area contributed by atoms with Crippen LogP contribution < -0.4 is 39.3 Å². The van der Waals surface area contributed by atoms with E-state index in [0.717, 1.165) is 38.8 Å². The van der Waals surface area contributed by atoms with Crippen LogP contribution in [0.3, 0.4) is 0 Å². The molecule has 2 aliphatic heterocycles. The topological polar surface area (TPSA) is 395 Å². The van der Waals surface area contributed by atoms with Crippen molar-refractivity contribution in [2.24, 2.45) is 34.6 Å². The molecular weight excluding hydrogens is 594 g/mol. The zero-order valence-electron chi connectivity index (χ0n) is 24.9. The Morgan fingerprint density at radius 2 is 1.00 bits per heavy atom. The van der Waals surface area contributed by atoms with Gasteiger partial charge in [0.15, 0.2) is 0 Å². The van der Waals surface area contributed by atoms with E-state index in [4.69, 9.17) is 42.1 Å². The minimum atomic E-state index is -1.21. The average molecular weight is 644 g/mol. The molecule has 0 spiro atoms. The number of primary amides is 1. The molecule has 0 aromatic carbocycles. The zero-order valence-corrected chi connectivity index (χ0v) is 24.9. The molecule has 0 aromatic rings. The second-order valence-electron chi connectivity index (χ2n) is 9.36. The molecule has 18 N–H and O–H groups in total. The molecule has 44 heavy (non-hydrogen) atoms. The number of aliphatic carboxylic acids is 6. The van der Waals surface area contributed by atoms with Crippen molar-refractivity contribution in [2.75, 3.05) is 26.2 Å². The zero-order chi connectivity index (χ0) is 35.4. The van der Waals surface area contributed by atoms with Crippen molar-refractivity contribution in [1.82, 2.24) is 10.6 Å². The van der Waals surface area contributed by atoms with Gasteiger partial charge in [-0.1, -0.05) is 13.8 Å². The first kappa shape index (κ1) is 47.0. The molecule has 2 saturated heterocycles. The SMILES string of the molecule is CC(C)C[C@H](N)C(=O)O.NC(=O)C[C@H](N)C(=O)O.NCC(=O)O.NCC(=O)O.O=C(O)[C@@H]1CCCN1.O=C(O)[C@@H]1CCCN1. The lowest BCUT2D eigenvalue weighted by atomic mass is 10.1. The summed E-state index contributed by atoms with van der Waals surface area (Å²) in [7, 11) is 0. The number of rotatable bonds is 10. The van der Waals surface area contributed by atoms with Crippen LogP contribution >= 0.6 is 0 Å². The molecule has 258 valence electrons. The van der Waals surface area contributed by atoms with Gasteiger partial charge in [0.05, 0.1) is 19.5 Å². The Balaban J connectivity index is -0.000000221. The maximum atomic E-state index is 10.1. The number of carboxylic acid groups (broad SMARTS) is 6. The predicted octanol–water partition coefficient (Wildman–Crippen LogP) is -3.58. The first-order valence-corrected chi connectivity index (χ1v) is 13.2. The number of carboxylic acids is 6. The van der Waals surface area contributed by atoms with Crippen LogP contribution in [0.4, 0.5) is 0 Å². The summed E-state index contributed by atoms with van der Waals surface area (Å²) >= 11 is 0. The Kier molecular flexibility index (Phi) is 31.1. The standard InChI is InChI=1S/C6H13NO2.2C5H9NO2.C4H8N2O3.2C2H5NO2/c1-4(2)3-5(7)6(8)9;2*7-5(8)4-2-1-3-6-4;5-2(4(8)9)1-3(6)7;2*3-1-2(4)5/h4-5H,3,7H2,1-2H3,(H,8,9);2*4,6H,1-3H2,(H,7,8);2H,1,5H2,(H2,6,7)(H,8,9);2*1,3H2,(H,4,5)/t5-;2*4-;2-;;/m0000../s1. The minimum absolute atomic E-state index is 0.269. The Hall–Kier alpha value is -3.95. The molecule has 2 fully saturated rings. The van der Waals surface area contributed by atoms with E-state index in [0.29, 0.717) is 12.3 Å². The second kappa shape index (κ2) is 29.1. The summed E-state index contributed by atoms with van der Waals surface area (Å²) in [6, 6.07) is -2.39.